The van der Waals surface area contributed by atoms with Gasteiger partial charge in [-0.05, 0) is 63.3 Å². The Labute approximate surface area is 144 Å². The van der Waals surface area contributed by atoms with E-state index in [4.69, 9.17) is 0 Å². The van der Waals surface area contributed by atoms with E-state index in [0.29, 0.717) is 5.41 Å². The smallest absolute Gasteiger partial charge is 0.0369 e. The molecule has 0 aliphatic carbocycles. The van der Waals surface area contributed by atoms with Crippen LogP contribution in [0.5, 0.6) is 0 Å². The van der Waals surface area contributed by atoms with Gasteiger partial charge in [-0.2, -0.15) is 0 Å². The van der Waals surface area contributed by atoms with Crippen molar-refractivity contribution >= 4 is 11.4 Å². The van der Waals surface area contributed by atoms with E-state index in [1.165, 1.54) is 37.1 Å². The van der Waals surface area contributed by atoms with Crippen LogP contribution in [-0.4, -0.2) is 26.2 Å². The van der Waals surface area contributed by atoms with Crippen LogP contribution in [0.2, 0.25) is 0 Å². The standard InChI is InChI=1S/C21H38N2/c1-20(2,3)16-10-9-11-17-22(7)18-12-14-19(15-13-18)23(8)21(4,5)6/h12-15H,9-11,16-17H2,1-8H3. The molecule has 1 aromatic carbocycles. The van der Waals surface area contributed by atoms with Gasteiger partial charge in [-0.25, -0.2) is 0 Å². The van der Waals surface area contributed by atoms with E-state index >= 15 is 0 Å². The Balaban J connectivity index is 2.44. The summed E-state index contributed by atoms with van der Waals surface area (Å²) in [7, 11) is 4.36. The summed E-state index contributed by atoms with van der Waals surface area (Å²) < 4.78 is 0. The van der Waals surface area contributed by atoms with E-state index in [0.717, 1.165) is 6.54 Å². The van der Waals surface area contributed by atoms with Gasteiger partial charge in [-0.15, -0.1) is 0 Å². The number of anilines is 2. The SMILES string of the molecule is CN(CCCCCC(C)(C)C)c1ccc(N(C)C(C)(C)C)cc1. The lowest BCUT2D eigenvalue weighted by molar-refractivity contribution is 0.358. The fraction of sp³-hybridized carbons (Fsp3) is 0.714. The number of nitrogens with zero attached hydrogens (tertiary/aromatic N) is 2. The topological polar surface area (TPSA) is 6.48 Å². The van der Waals surface area contributed by atoms with Crippen molar-refractivity contribution in [3.8, 4) is 0 Å². The van der Waals surface area contributed by atoms with E-state index in [2.05, 4.69) is 89.7 Å². The molecule has 0 bridgehead atoms. The highest BCUT2D eigenvalue weighted by Crippen LogP contribution is 2.25. The van der Waals surface area contributed by atoms with Crippen LogP contribution in [0.1, 0.15) is 67.2 Å². The van der Waals surface area contributed by atoms with E-state index < -0.39 is 0 Å². The fourth-order valence-corrected chi connectivity index (χ4v) is 2.63. The molecule has 23 heavy (non-hydrogen) atoms. The van der Waals surface area contributed by atoms with Gasteiger partial charge in [0.15, 0.2) is 0 Å². The van der Waals surface area contributed by atoms with Crippen molar-refractivity contribution in [3.05, 3.63) is 24.3 Å². The Kier molecular flexibility index (Phi) is 6.98. The molecule has 1 rings (SSSR count). The maximum absolute atomic E-state index is 2.37. The van der Waals surface area contributed by atoms with Crippen LogP contribution in [0.4, 0.5) is 11.4 Å². The minimum Gasteiger partial charge on any atom is -0.375 e. The zero-order chi connectivity index (χ0) is 17.7. The monoisotopic (exact) mass is 318 g/mol. The van der Waals surface area contributed by atoms with Crippen LogP contribution in [0.25, 0.3) is 0 Å². The second kappa shape index (κ2) is 8.08. The van der Waals surface area contributed by atoms with Gasteiger partial charge in [0.2, 0.25) is 0 Å². The Bertz CT molecular complexity index is 448. The number of hydrogen-bond acceptors (Lipinski definition) is 2. The number of benzene rings is 1. The van der Waals surface area contributed by atoms with Crippen LogP contribution in [0, 0.1) is 5.41 Å². The molecule has 1 aromatic rings. The molecular formula is C21H38N2. The third-order valence-corrected chi connectivity index (χ3v) is 4.60. The van der Waals surface area contributed by atoms with Crippen molar-refractivity contribution in [1.29, 1.82) is 0 Å². The Morgan fingerprint density at radius 2 is 1.26 bits per heavy atom. The first-order valence-corrected chi connectivity index (χ1v) is 9.06. The summed E-state index contributed by atoms with van der Waals surface area (Å²) in [5, 5.41) is 0. The minimum atomic E-state index is 0.153. The van der Waals surface area contributed by atoms with E-state index in [-0.39, 0.29) is 5.54 Å². The Hall–Kier alpha value is -1.18. The molecular weight excluding hydrogens is 280 g/mol. The van der Waals surface area contributed by atoms with Gasteiger partial charge in [-0.3, -0.25) is 0 Å². The second-order valence-electron chi connectivity index (χ2n) is 9.04. The fourth-order valence-electron chi connectivity index (χ4n) is 2.63. The van der Waals surface area contributed by atoms with Crippen LogP contribution < -0.4 is 9.80 Å². The average Bonchev–Trinajstić information content (AvgIpc) is 2.44. The largest absolute Gasteiger partial charge is 0.375 e. The normalized spacial score (nSPS) is 12.3. The zero-order valence-electron chi connectivity index (χ0n) is 16.7. The van der Waals surface area contributed by atoms with Crippen molar-refractivity contribution in [2.75, 3.05) is 30.4 Å². The van der Waals surface area contributed by atoms with Gasteiger partial charge in [0.1, 0.15) is 0 Å². The van der Waals surface area contributed by atoms with Crippen molar-refractivity contribution in [3.63, 3.8) is 0 Å². The van der Waals surface area contributed by atoms with Crippen molar-refractivity contribution in [2.45, 2.75) is 72.8 Å². The average molecular weight is 319 g/mol. The predicted molar refractivity (Wildman–Crippen MR) is 106 cm³/mol. The number of hydrogen-bond donors (Lipinski definition) is 0. The molecule has 0 unspecified atom stereocenters. The molecule has 0 aliphatic heterocycles. The highest BCUT2D eigenvalue weighted by atomic mass is 15.2. The first-order valence-electron chi connectivity index (χ1n) is 9.06. The molecule has 2 nitrogen and oxygen atoms in total. The van der Waals surface area contributed by atoms with E-state index in [9.17, 15) is 0 Å². The quantitative estimate of drug-likeness (QED) is 0.572. The van der Waals surface area contributed by atoms with Gasteiger partial charge in [0.05, 0.1) is 0 Å². The molecule has 0 saturated heterocycles. The summed E-state index contributed by atoms with van der Waals surface area (Å²) in [5.41, 5.74) is 3.22. The molecule has 0 aromatic heterocycles. The molecule has 0 aliphatic rings. The number of unbranched alkanes of at least 4 members (excludes halogenated alkanes) is 2. The number of rotatable bonds is 7. The highest BCUT2D eigenvalue weighted by molar-refractivity contribution is 5.56. The molecule has 0 amide bonds. The molecule has 0 atom stereocenters. The lowest BCUT2D eigenvalue weighted by Crippen LogP contribution is -2.37. The first-order chi connectivity index (χ1) is 10.5. The lowest BCUT2D eigenvalue weighted by atomic mass is 9.89. The van der Waals surface area contributed by atoms with Crippen molar-refractivity contribution in [1.82, 2.24) is 0 Å². The van der Waals surface area contributed by atoms with Gasteiger partial charge in [0, 0.05) is 37.6 Å². The van der Waals surface area contributed by atoms with Gasteiger partial charge in [-0.1, -0.05) is 33.6 Å². The van der Waals surface area contributed by atoms with Crippen LogP contribution >= 0.6 is 0 Å². The predicted octanol–water partition coefficient (Wildman–Crippen LogP) is 5.96. The maximum atomic E-state index is 2.37. The molecule has 0 saturated carbocycles. The van der Waals surface area contributed by atoms with Crippen molar-refractivity contribution in [2.24, 2.45) is 5.41 Å². The summed E-state index contributed by atoms with van der Waals surface area (Å²) in [5.74, 6) is 0. The van der Waals surface area contributed by atoms with Gasteiger partial charge < -0.3 is 9.80 Å². The molecule has 0 radical (unpaired) electrons. The molecule has 0 heterocycles. The molecule has 0 fully saturated rings. The van der Waals surface area contributed by atoms with Gasteiger partial charge in [0.25, 0.3) is 0 Å². The Morgan fingerprint density at radius 3 is 1.74 bits per heavy atom. The van der Waals surface area contributed by atoms with E-state index in [1.54, 1.807) is 0 Å². The summed E-state index contributed by atoms with van der Waals surface area (Å²) in [6, 6.07) is 8.95. The molecule has 2 heteroatoms. The van der Waals surface area contributed by atoms with Gasteiger partial charge >= 0.3 is 0 Å². The lowest BCUT2D eigenvalue weighted by Gasteiger charge is -2.34. The first kappa shape index (κ1) is 19.9. The zero-order valence-corrected chi connectivity index (χ0v) is 16.7. The van der Waals surface area contributed by atoms with Crippen LogP contribution in [-0.2, 0) is 0 Å². The summed E-state index contributed by atoms with van der Waals surface area (Å²) in [6.45, 7) is 14.8. The van der Waals surface area contributed by atoms with Crippen molar-refractivity contribution < 1.29 is 0 Å². The summed E-state index contributed by atoms with van der Waals surface area (Å²) in [6.07, 6.45) is 5.26. The highest BCUT2D eigenvalue weighted by Gasteiger charge is 2.17. The third-order valence-electron chi connectivity index (χ3n) is 4.60. The summed E-state index contributed by atoms with van der Waals surface area (Å²) in [4.78, 5) is 4.70. The molecule has 0 N–H and O–H groups in total. The van der Waals surface area contributed by atoms with Crippen LogP contribution in [0.3, 0.4) is 0 Å². The van der Waals surface area contributed by atoms with E-state index in [1.807, 2.05) is 0 Å². The minimum absolute atomic E-state index is 0.153. The molecule has 132 valence electrons. The maximum Gasteiger partial charge on any atom is 0.0369 e. The third kappa shape index (κ3) is 7.28. The summed E-state index contributed by atoms with van der Waals surface area (Å²) >= 11 is 0. The Morgan fingerprint density at radius 1 is 0.739 bits per heavy atom. The molecule has 0 spiro atoms. The van der Waals surface area contributed by atoms with Crippen LogP contribution in [0.15, 0.2) is 24.3 Å². The second-order valence-corrected chi connectivity index (χ2v) is 9.04.